The van der Waals surface area contributed by atoms with Gasteiger partial charge in [-0.25, -0.2) is 14.6 Å². The SMILES string of the molecule is CCc1nc(-c2nnn(C)c2COc2nccc(C3CCC3)n2)ccc1OC(C)=O. The van der Waals surface area contributed by atoms with Gasteiger partial charge in [0.25, 0.3) is 0 Å². The molecule has 0 amide bonds. The third-order valence-corrected chi connectivity index (χ3v) is 5.22. The van der Waals surface area contributed by atoms with Crippen molar-refractivity contribution in [1.29, 1.82) is 0 Å². The highest BCUT2D eigenvalue weighted by atomic mass is 16.5. The number of aryl methyl sites for hydroxylation is 2. The van der Waals surface area contributed by atoms with Crippen LogP contribution in [0.2, 0.25) is 0 Å². The average molecular weight is 408 g/mol. The molecular weight excluding hydrogens is 384 g/mol. The number of pyridine rings is 1. The van der Waals surface area contributed by atoms with Crippen LogP contribution in [0, 0.1) is 0 Å². The second-order valence-electron chi connectivity index (χ2n) is 7.28. The molecule has 3 aromatic heterocycles. The highest BCUT2D eigenvalue weighted by Crippen LogP contribution is 2.35. The Morgan fingerprint density at radius 1 is 1.23 bits per heavy atom. The summed E-state index contributed by atoms with van der Waals surface area (Å²) in [6, 6.07) is 5.79. The van der Waals surface area contributed by atoms with Crippen molar-refractivity contribution in [2.45, 2.75) is 52.1 Å². The molecule has 1 aliphatic carbocycles. The minimum atomic E-state index is -0.378. The van der Waals surface area contributed by atoms with Crippen LogP contribution < -0.4 is 9.47 Å². The molecule has 0 atom stereocenters. The first-order valence-electron chi connectivity index (χ1n) is 10.1. The van der Waals surface area contributed by atoms with E-state index < -0.39 is 0 Å². The van der Waals surface area contributed by atoms with Gasteiger partial charge >= 0.3 is 12.0 Å². The van der Waals surface area contributed by atoms with Crippen molar-refractivity contribution < 1.29 is 14.3 Å². The van der Waals surface area contributed by atoms with Gasteiger partial charge in [-0.15, -0.1) is 5.10 Å². The third-order valence-electron chi connectivity index (χ3n) is 5.22. The van der Waals surface area contributed by atoms with E-state index in [1.807, 2.05) is 13.0 Å². The van der Waals surface area contributed by atoms with Gasteiger partial charge in [0.15, 0.2) is 5.75 Å². The van der Waals surface area contributed by atoms with Crippen molar-refractivity contribution in [1.82, 2.24) is 29.9 Å². The molecule has 1 saturated carbocycles. The molecule has 0 unspecified atom stereocenters. The summed E-state index contributed by atoms with van der Waals surface area (Å²) in [6.45, 7) is 3.53. The minimum absolute atomic E-state index is 0.210. The number of ether oxygens (including phenoxy) is 2. The van der Waals surface area contributed by atoms with Crippen LogP contribution in [0.1, 0.15) is 56.1 Å². The Balaban J connectivity index is 1.55. The molecule has 0 aromatic carbocycles. The topological polar surface area (TPSA) is 105 Å². The Morgan fingerprint density at radius 2 is 2.07 bits per heavy atom. The normalized spacial score (nSPS) is 13.7. The predicted molar refractivity (Wildman–Crippen MR) is 108 cm³/mol. The zero-order valence-corrected chi connectivity index (χ0v) is 17.3. The number of esters is 1. The summed E-state index contributed by atoms with van der Waals surface area (Å²) in [7, 11) is 1.80. The van der Waals surface area contributed by atoms with Crippen LogP contribution in [-0.4, -0.2) is 35.9 Å². The minimum Gasteiger partial charge on any atom is -0.457 e. The fourth-order valence-corrected chi connectivity index (χ4v) is 3.35. The summed E-state index contributed by atoms with van der Waals surface area (Å²) in [5, 5.41) is 8.37. The lowest BCUT2D eigenvalue weighted by molar-refractivity contribution is -0.131. The van der Waals surface area contributed by atoms with Crippen LogP contribution in [0.3, 0.4) is 0 Å². The van der Waals surface area contributed by atoms with E-state index in [0.29, 0.717) is 41.2 Å². The molecule has 0 bridgehead atoms. The number of carbonyl (C=O) groups is 1. The van der Waals surface area contributed by atoms with Crippen molar-refractivity contribution in [3.05, 3.63) is 41.5 Å². The van der Waals surface area contributed by atoms with E-state index >= 15 is 0 Å². The summed E-state index contributed by atoms with van der Waals surface area (Å²) >= 11 is 0. The van der Waals surface area contributed by atoms with Crippen molar-refractivity contribution in [2.75, 3.05) is 0 Å². The lowest BCUT2D eigenvalue weighted by atomic mass is 9.83. The number of hydrogen-bond donors (Lipinski definition) is 0. The maximum atomic E-state index is 11.3. The Hall–Kier alpha value is -3.36. The molecule has 30 heavy (non-hydrogen) atoms. The zero-order chi connectivity index (χ0) is 21.1. The van der Waals surface area contributed by atoms with E-state index in [1.54, 1.807) is 30.1 Å². The van der Waals surface area contributed by atoms with Crippen molar-refractivity contribution in [3.8, 4) is 23.1 Å². The molecule has 0 radical (unpaired) electrons. The first-order chi connectivity index (χ1) is 14.5. The Kier molecular flexibility index (Phi) is 5.69. The highest BCUT2D eigenvalue weighted by Gasteiger charge is 2.22. The van der Waals surface area contributed by atoms with Gasteiger partial charge in [0.1, 0.15) is 18.0 Å². The lowest BCUT2D eigenvalue weighted by Crippen LogP contribution is -2.12. The van der Waals surface area contributed by atoms with Crippen LogP contribution in [-0.2, 0) is 24.9 Å². The van der Waals surface area contributed by atoms with E-state index in [0.717, 1.165) is 11.4 Å². The molecule has 0 aliphatic heterocycles. The Bertz CT molecular complexity index is 1060. The molecule has 4 rings (SSSR count). The summed E-state index contributed by atoms with van der Waals surface area (Å²) < 4.78 is 12.7. The highest BCUT2D eigenvalue weighted by molar-refractivity contribution is 5.70. The van der Waals surface area contributed by atoms with Gasteiger partial charge in [0, 0.05) is 26.1 Å². The van der Waals surface area contributed by atoms with Gasteiger partial charge < -0.3 is 9.47 Å². The van der Waals surface area contributed by atoms with Crippen molar-refractivity contribution >= 4 is 5.97 Å². The second-order valence-corrected chi connectivity index (χ2v) is 7.28. The quantitative estimate of drug-likeness (QED) is 0.550. The Labute approximate surface area is 174 Å². The number of nitrogens with zero attached hydrogens (tertiary/aromatic N) is 6. The van der Waals surface area contributed by atoms with Gasteiger partial charge in [-0.05, 0) is 37.5 Å². The fourth-order valence-electron chi connectivity index (χ4n) is 3.35. The van der Waals surface area contributed by atoms with Gasteiger partial charge in [-0.1, -0.05) is 18.6 Å². The number of aromatic nitrogens is 6. The van der Waals surface area contributed by atoms with Crippen molar-refractivity contribution in [3.63, 3.8) is 0 Å². The molecule has 1 aliphatic rings. The largest absolute Gasteiger partial charge is 0.457 e. The average Bonchev–Trinajstić information content (AvgIpc) is 3.06. The zero-order valence-electron chi connectivity index (χ0n) is 17.3. The predicted octanol–water partition coefficient (Wildman–Crippen LogP) is 3.00. The fraction of sp³-hybridized carbons (Fsp3) is 0.429. The summed E-state index contributed by atoms with van der Waals surface area (Å²) in [5.41, 5.74) is 3.71. The molecular formula is C21H24N6O3. The van der Waals surface area contributed by atoms with Crippen LogP contribution in [0.5, 0.6) is 11.8 Å². The van der Waals surface area contributed by atoms with E-state index in [-0.39, 0.29) is 12.6 Å². The molecule has 0 spiro atoms. The molecule has 0 saturated heterocycles. The number of carbonyl (C=O) groups excluding carboxylic acids is 1. The van der Waals surface area contributed by atoms with Gasteiger partial charge in [-0.3, -0.25) is 4.79 Å². The van der Waals surface area contributed by atoms with Crippen molar-refractivity contribution in [2.24, 2.45) is 7.05 Å². The monoisotopic (exact) mass is 408 g/mol. The Morgan fingerprint density at radius 3 is 2.77 bits per heavy atom. The first-order valence-corrected chi connectivity index (χ1v) is 10.1. The summed E-state index contributed by atoms with van der Waals surface area (Å²) in [5.74, 6) is 0.588. The van der Waals surface area contributed by atoms with Crippen LogP contribution in [0.15, 0.2) is 24.4 Å². The maximum Gasteiger partial charge on any atom is 0.316 e. The molecule has 3 aromatic rings. The van der Waals surface area contributed by atoms with Gasteiger partial charge in [0.05, 0.1) is 17.1 Å². The van der Waals surface area contributed by atoms with E-state index in [2.05, 4.69) is 25.3 Å². The standard InChI is InChI=1S/C21H24N6O3/c1-4-15-19(30-13(2)28)9-8-17(23-15)20-18(27(3)26-25-20)12-29-21-22-11-10-16(24-21)14-6-5-7-14/h8-11,14H,4-7,12H2,1-3H3. The number of rotatable bonds is 7. The molecule has 9 heteroatoms. The van der Waals surface area contributed by atoms with Gasteiger partial charge in [0.2, 0.25) is 0 Å². The van der Waals surface area contributed by atoms with E-state index in [4.69, 9.17) is 9.47 Å². The smallest absolute Gasteiger partial charge is 0.316 e. The van der Waals surface area contributed by atoms with E-state index in [1.165, 1.54) is 26.2 Å². The van der Waals surface area contributed by atoms with Crippen LogP contribution >= 0.6 is 0 Å². The van der Waals surface area contributed by atoms with E-state index in [9.17, 15) is 4.79 Å². The summed E-state index contributed by atoms with van der Waals surface area (Å²) in [4.78, 5) is 24.7. The van der Waals surface area contributed by atoms with Crippen LogP contribution in [0.25, 0.3) is 11.4 Å². The lowest BCUT2D eigenvalue weighted by Gasteiger charge is -2.24. The molecule has 0 N–H and O–H groups in total. The molecule has 9 nitrogen and oxygen atoms in total. The first kappa shape index (κ1) is 19.9. The second kappa shape index (κ2) is 8.56. The number of hydrogen-bond acceptors (Lipinski definition) is 8. The molecule has 156 valence electrons. The maximum absolute atomic E-state index is 11.3. The molecule has 3 heterocycles. The van der Waals surface area contributed by atoms with Gasteiger partial charge in [-0.2, -0.15) is 4.98 Å². The summed E-state index contributed by atoms with van der Waals surface area (Å²) in [6.07, 6.45) is 5.94. The molecule has 1 fully saturated rings. The third kappa shape index (κ3) is 4.14. The van der Waals surface area contributed by atoms with Crippen LogP contribution in [0.4, 0.5) is 0 Å².